The van der Waals surface area contributed by atoms with Crippen molar-refractivity contribution in [2.75, 3.05) is 26.7 Å². The average Bonchev–Trinajstić information content (AvgIpc) is 3.15. The number of carbonyl (C=O) groups excluding carboxylic acids is 2. The number of hydrogen-bond donors (Lipinski definition) is 0. The van der Waals surface area contributed by atoms with Crippen LogP contribution in [0.25, 0.3) is 0 Å². The van der Waals surface area contributed by atoms with Crippen LogP contribution in [0.1, 0.15) is 45.7 Å². The predicted molar refractivity (Wildman–Crippen MR) is 128 cm³/mol. The molecule has 6 nitrogen and oxygen atoms in total. The summed E-state index contributed by atoms with van der Waals surface area (Å²) in [5, 5.41) is 3.40. The van der Waals surface area contributed by atoms with Crippen LogP contribution in [0.3, 0.4) is 0 Å². The highest BCUT2D eigenvalue weighted by molar-refractivity contribution is 8.16. The number of fused-ring (bicyclic) bond motifs is 1. The molecular formula is C23H29ClN4O2S. The summed E-state index contributed by atoms with van der Waals surface area (Å²) >= 11 is 7.64. The zero-order valence-corrected chi connectivity index (χ0v) is 20.3. The quantitative estimate of drug-likeness (QED) is 0.594. The molecule has 1 unspecified atom stereocenters. The fourth-order valence-electron chi connectivity index (χ4n) is 3.75. The number of carbonyl (C=O) groups is 2. The Kier molecular flexibility index (Phi) is 7.49. The molecule has 0 fully saturated rings. The van der Waals surface area contributed by atoms with Crippen molar-refractivity contribution >= 4 is 40.3 Å². The Hall–Kier alpha value is -2.25. The molecule has 0 aliphatic carbocycles. The van der Waals surface area contributed by atoms with Gasteiger partial charge in [0.15, 0.2) is 5.17 Å². The molecule has 2 amide bonds. The summed E-state index contributed by atoms with van der Waals surface area (Å²) in [6, 6.07) is 7.19. The highest BCUT2D eigenvalue weighted by atomic mass is 35.5. The lowest BCUT2D eigenvalue weighted by atomic mass is 9.92. The van der Waals surface area contributed by atoms with Crippen LogP contribution in [0.15, 0.2) is 51.6 Å². The summed E-state index contributed by atoms with van der Waals surface area (Å²) in [5.74, 6) is 0.00635. The van der Waals surface area contributed by atoms with E-state index in [1.54, 1.807) is 11.9 Å². The smallest absolute Gasteiger partial charge is 0.254 e. The van der Waals surface area contributed by atoms with Crippen LogP contribution in [0, 0.1) is 0 Å². The predicted octanol–water partition coefficient (Wildman–Crippen LogP) is 4.65. The van der Waals surface area contributed by atoms with E-state index in [2.05, 4.69) is 0 Å². The Morgan fingerprint density at radius 2 is 1.77 bits per heavy atom. The summed E-state index contributed by atoms with van der Waals surface area (Å²) < 4.78 is 0. The molecule has 0 radical (unpaired) electrons. The lowest BCUT2D eigenvalue weighted by molar-refractivity contribution is -0.129. The number of rotatable bonds is 7. The number of halogens is 1. The minimum absolute atomic E-state index is 0.0292. The molecule has 166 valence electrons. The molecule has 2 aliphatic rings. The van der Waals surface area contributed by atoms with Crippen molar-refractivity contribution in [2.45, 2.75) is 40.2 Å². The fourth-order valence-corrected chi connectivity index (χ4v) is 4.84. The van der Waals surface area contributed by atoms with Gasteiger partial charge in [0.05, 0.1) is 23.7 Å². The molecule has 2 aliphatic heterocycles. The van der Waals surface area contributed by atoms with Crippen molar-refractivity contribution in [1.82, 2.24) is 14.7 Å². The Morgan fingerprint density at radius 1 is 1.13 bits per heavy atom. The van der Waals surface area contributed by atoms with E-state index in [0.717, 1.165) is 16.4 Å². The molecule has 1 aromatic rings. The van der Waals surface area contributed by atoms with E-state index in [4.69, 9.17) is 16.6 Å². The number of benzene rings is 1. The molecule has 0 saturated carbocycles. The zero-order valence-electron chi connectivity index (χ0n) is 18.7. The topological polar surface area (TPSA) is 56.2 Å². The van der Waals surface area contributed by atoms with E-state index < -0.39 is 0 Å². The SMILES string of the molecule is CCN(C)C(=O)CC1=CSC2=NC(C)=C(C(=O)N(CC)CC)C(c3ccc(Cl)cc3)N12. The van der Waals surface area contributed by atoms with Gasteiger partial charge >= 0.3 is 0 Å². The van der Waals surface area contributed by atoms with Crippen LogP contribution in [-0.2, 0) is 9.59 Å². The maximum atomic E-state index is 13.5. The van der Waals surface area contributed by atoms with Gasteiger partial charge in [0.1, 0.15) is 0 Å². The Balaban J connectivity index is 2.08. The van der Waals surface area contributed by atoms with E-state index >= 15 is 0 Å². The van der Waals surface area contributed by atoms with Gasteiger partial charge in [0.2, 0.25) is 5.91 Å². The molecule has 1 aromatic carbocycles. The lowest BCUT2D eigenvalue weighted by Gasteiger charge is -2.38. The number of likely N-dealkylation sites (N-methyl/N-ethyl adjacent to an activating group) is 1. The van der Waals surface area contributed by atoms with Crippen LogP contribution in [-0.4, -0.2) is 58.4 Å². The van der Waals surface area contributed by atoms with E-state index in [-0.39, 0.29) is 24.3 Å². The number of amidine groups is 1. The van der Waals surface area contributed by atoms with Crippen molar-refractivity contribution in [3.63, 3.8) is 0 Å². The van der Waals surface area contributed by atoms with Crippen molar-refractivity contribution in [3.05, 3.63) is 57.2 Å². The average molecular weight is 461 g/mol. The minimum atomic E-state index is -0.362. The van der Waals surface area contributed by atoms with Gasteiger partial charge in [-0.25, -0.2) is 4.99 Å². The maximum Gasteiger partial charge on any atom is 0.254 e. The highest BCUT2D eigenvalue weighted by Gasteiger charge is 2.41. The van der Waals surface area contributed by atoms with Gasteiger partial charge < -0.3 is 14.7 Å². The molecule has 0 spiro atoms. The molecule has 0 N–H and O–H groups in total. The van der Waals surface area contributed by atoms with Crippen molar-refractivity contribution in [3.8, 4) is 0 Å². The fraction of sp³-hybridized carbons (Fsp3) is 0.435. The second-order valence-corrected chi connectivity index (χ2v) is 8.78. The number of thioether (sulfide) groups is 1. The number of allylic oxidation sites excluding steroid dienone is 1. The van der Waals surface area contributed by atoms with Gasteiger partial charge in [-0.05, 0) is 50.8 Å². The van der Waals surface area contributed by atoms with Crippen LogP contribution in [0.2, 0.25) is 5.02 Å². The molecule has 8 heteroatoms. The monoisotopic (exact) mass is 460 g/mol. The molecule has 0 bridgehead atoms. The minimum Gasteiger partial charge on any atom is -0.346 e. The van der Waals surface area contributed by atoms with Crippen molar-refractivity contribution < 1.29 is 9.59 Å². The van der Waals surface area contributed by atoms with E-state index in [0.29, 0.717) is 35.9 Å². The van der Waals surface area contributed by atoms with Gasteiger partial charge in [-0.2, -0.15) is 0 Å². The largest absolute Gasteiger partial charge is 0.346 e. The van der Waals surface area contributed by atoms with E-state index in [9.17, 15) is 9.59 Å². The first-order valence-electron chi connectivity index (χ1n) is 10.5. The van der Waals surface area contributed by atoms with Gasteiger partial charge in [-0.3, -0.25) is 9.59 Å². The number of amides is 2. The molecule has 3 rings (SSSR count). The molecule has 0 aromatic heterocycles. The zero-order chi connectivity index (χ0) is 22.7. The Bertz CT molecular complexity index is 951. The third kappa shape index (κ3) is 4.67. The van der Waals surface area contributed by atoms with Crippen LogP contribution in [0.5, 0.6) is 0 Å². The molecule has 2 heterocycles. The number of aliphatic imine (C=N–C) groups is 1. The van der Waals surface area contributed by atoms with Crippen LogP contribution >= 0.6 is 23.4 Å². The van der Waals surface area contributed by atoms with Crippen molar-refractivity contribution in [2.24, 2.45) is 4.99 Å². The summed E-state index contributed by atoms with van der Waals surface area (Å²) in [6.45, 7) is 9.67. The highest BCUT2D eigenvalue weighted by Crippen LogP contribution is 2.45. The molecule has 1 atom stereocenters. The number of hydrogen-bond acceptors (Lipinski definition) is 5. The second-order valence-electron chi connectivity index (χ2n) is 7.51. The summed E-state index contributed by atoms with van der Waals surface area (Å²) in [5.41, 5.74) is 3.14. The first-order chi connectivity index (χ1) is 14.8. The number of nitrogens with zero attached hydrogens (tertiary/aromatic N) is 4. The second kappa shape index (κ2) is 9.92. The third-order valence-corrected chi connectivity index (χ3v) is 6.84. The summed E-state index contributed by atoms with van der Waals surface area (Å²) in [7, 11) is 1.80. The van der Waals surface area contributed by atoms with E-state index in [1.165, 1.54) is 11.8 Å². The molecule has 31 heavy (non-hydrogen) atoms. The summed E-state index contributed by atoms with van der Waals surface area (Å²) in [4.78, 5) is 36.5. The van der Waals surface area contributed by atoms with Gasteiger partial charge in [-0.15, -0.1) is 0 Å². The Morgan fingerprint density at radius 3 is 2.35 bits per heavy atom. The van der Waals surface area contributed by atoms with E-state index in [1.807, 2.05) is 67.2 Å². The van der Waals surface area contributed by atoms with Gasteiger partial charge in [0, 0.05) is 37.4 Å². The van der Waals surface area contributed by atoms with Crippen molar-refractivity contribution in [1.29, 1.82) is 0 Å². The lowest BCUT2D eigenvalue weighted by Crippen LogP contribution is -2.42. The first-order valence-corrected chi connectivity index (χ1v) is 11.8. The van der Waals surface area contributed by atoms with Crippen LogP contribution in [0.4, 0.5) is 0 Å². The maximum absolute atomic E-state index is 13.5. The standard InChI is InChI=1S/C23H29ClN4O2S/c1-6-26(5)19(29)13-18-14-31-23-25-15(4)20(22(30)27(7-2)8-3)21(28(18)23)16-9-11-17(24)12-10-16/h9-12,14,21H,6-8,13H2,1-5H3. The third-order valence-electron chi connectivity index (χ3n) is 5.70. The Labute approximate surface area is 193 Å². The van der Waals surface area contributed by atoms with Gasteiger partial charge in [0.25, 0.3) is 5.91 Å². The molecule has 0 saturated heterocycles. The van der Waals surface area contributed by atoms with Gasteiger partial charge in [-0.1, -0.05) is 35.5 Å². The normalized spacial score (nSPS) is 17.9. The molecular weight excluding hydrogens is 432 g/mol. The summed E-state index contributed by atoms with van der Waals surface area (Å²) in [6.07, 6.45) is 0.256. The first kappa shape index (κ1) is 23.4. The van der Waals surface area contributed by atoms with Crippen LogP contribution < -0.4 is 0 Å².